The average molecular weight is 343 g/mol. The zero-order chi connectivity index (χ0) is 17.0. The van der Waals surface area contributed by atoms with Gasteiger partial charge in [0.15, 0.2) is 0 Å². The van der Waals surface area contributed by atoms with Crippen LogP contribution in [0.5, 0.6) is 0 Å². The minimum Gasteiger partial charge on any atom is -0.324 e. The van der Waals surface area contributed by atoms with Crippen molar-refractivity contribution in [2.75, 3.05) is 37.8 Å². The van der Waals surface area contributed by atoms with Crippen LogP contribution in [0.1, 0.15) is 12.8 Å². The molecular weight excluding hydrogens is 321 g/mol. The number of carbonyl (C=O) groups is 1. The first-order valence-corrected chi connectivity index (χ1v) is 9.38. The van der Waals surface area contributed by atoms with Gasteiger partial charge in [-0.1, -0.05) is 0 Å². The summed E-state index contributed by atoms with van der Waals surface area (Å²) in [5.74, 6) is -0.0984. The Morgan fingerprint density at radius 3 is 2.39 bits per heavy atom. The number of anilines is 1. The van der Waals surface area contributed by atoms with Crippen LogP contribution < -0.4 is 9.62 Å². The molecule has 8 heteroatoms. The van der Waals surface area contributed by atoms with E-state index in [9.17, 15) is 17.6 Å². The van der Waals surface area contributed by atoms with Gasteiger partial charge < -0.3 is 4.90 Å². The predicted molar refractivity (Wildman–Crippen MR) is 87.3 cm³/mol. The highest BCUT2D eigenvalue weighted by atomic mass is 32.2. The molecular formula is C15H22FN3O3S. The fourth-order valence-electron chi connectivity index (χ4n) is 2.58. The summed E-state index contributed by atoms with van der Waals surface area (Å²) in [4.78, 5) is 15.7. The molecule has 1 aromatic carbocycles. The smallest absolute Gasteiger partial charge is 0.324 e. The Labute approximate surface area is 136 Å². The second kappa shape index (κ2) is 7.27. The lowest BCUT2D eigenvalue weighted by Crippen LogP contribution is -2.46. The van der Waals surface area contributed by atoms with Gasteiger partial charge in [0.1, 0.15) is 5.82 Å². The maximum absolute atomic E-state index is 12.9. The largest absolute Gasteiger partial charge is 0.324 e. The zero-order valence-electron chi connectivity index (χ0n) is 13.3. The van der Waals surface area contributed by atoms with E-state index in [1.807, 2.05) is 0 Å². The van der Waals surface area contributed by atoms with Crippen molar-refractivity contribution < 1.29 is 17.6 Å². The Morgan fingerprint density at radius 2 is 1.87 bits per heavy atom. The van der Waals surface area contributed by atoms with E-state index in [0.717, 1.165) is 19.1 Å². The summed E-state index contributed by atoms with van der Waals surface area (Å²) in [5.41, 5.74) is 0.636. The third kappa shape index (κ3) is 5.18. The van der Waals surface area contributed by atoms with Gasteiger partial charge in [-0.15, -0.1) is 0 Å². The van der Waals surface area contributed by atoms with Gasteiger partial charge in [0.05, 0.1) is 6.26 Å². The van der Waals surface area contributed by atoms with E-state index in [1.165, 1.54) is 17.0 Å². The molecule has 0 radical (unpaired) electrons. The lowest BCUT2D eigenvalue weighted by atomic mass is 9.97. The number of urea groups is 1. The van der Waals surface area contributed by atoms with Crippen LogP contribution >= 0.6 is 0 Å². The van der Waals surface area contributed by atoms with E-state index in [1.54, 1.807) is 24.1 Å². The second-order valence-corrected chi connectivity index (χ2v) is 7.70. The van der Waals surface area contributed by atoms with E-state index in [2.05, 4.69) is 4.72 Å². The van der Waals surface area contributed by atoms with Crippen molar-refractivity contribution in [1.29, 1.82) is 0 Å². The molecule has 128 valence electrons. The van der Waals surface area contributed by atoms with E-state index in [0.29, 0.717) is 25.3 Å². The summed E-state index contributed by atoms with van der Waals surface area (Å²) >= 11 is 0. The molecule has 0 spiro atoms. The average Bonchev–Trinajstić information content (AvgIpc) is 2.52. The molecule has 23 heavy (non-hydrogen) atoms. The van der Waals surface area contributed by atoms with Crippen LogP contribution in [-0.2, 0) is 10.0 Å². The SMILES string of the molecule is CN(C(=O)N1CCC(CNS(C)(=O)=O)CC1)c1ccc(F)cc1. The molecule has 1 aliphatic rings. The summed E-state index contributed by atoms with van der Waals surface area (Å²) in [6.07, 6.45) is 2.65. The molecule has 1 aliphatic heterocycles. The van der Waals surface area contributed by atoms with Crippen LogP contribution in [0, 0.1) is 11.7 Å². The van der Waals surface area contributed by atoms with Gasteiger partial charge in [0.2, 0.25) is 10.0 Å². The molecule has 1 N–H and O–H groups in total. The highest BCUT2D eigenvalue weighted by Gasteiger charge is 2.25. The molecule has 1 saturated heterocycles. The molecule has 0 aromatic heterocycles. The molecule has 1 aromatic rings. The summed E-state index contributed by atoms with van der Waals surface area (Å²) < 4.78 is 37.7. The minimum absolute atomic E-state index is 0.133. The van der Waals surface area contributed by atoms with Crippen LogP contribution in [0.25, 0.3) is 0 Å². The van der Waals surface area contributed by atoms with Crippen LogP contribution in [0.15, 0.2) is 24.3 Å². The number of amides is 2. The van der Waals surface area contributed by atoms with Crippen LogP contribution in [0.2, 0.25) is 0 Å². The molecule has 2 amide bonds. The summed E-state index contributed by atoms with van der Waals surface area (Å²) in [7, 11) is -1.52. The molecule has 0 saturated carbocycles. The highest BCUT2D eigenvalue weighted by Crippen LogP contribution is 2.20. The Hall–Kier alpha value is -1.67. The maximum atomic E-state index is 12.9. The van der Waals surface area contributed by atoms with E-state index >= 15 is 0 Å². The fourth-order valence-corrected chi connectivity index (χ4v) is 3.12. The van der Waals surface area contributed by atoms with Crippen molar-refractivity contribution in [1.82, 2.24) is 9.62 Å². The number of halogens is 1. The van der Waals surface area contributed by atoms with Crippen molar-refractivity contribution in [3.63, 3.8) is 0 Å². The highest BCUT2D eigenvalue weighted by molar-refractivity contribution is 7.88. The molecule has 0 unspecified atom stereocenters. The molecule has 1 fully saturated rings. The summed E-state index contributed by atoms with van der Waals surface area (Å²) in [5, 5.41) is 0. The second-order valence-electron chi connectivity index (χ2n) is 5.87. The van der Waals surface area contributed by atoms with Crippen LogP contribution in [-0.4, -0.2) is 52.3 Å². The van der Waals surface area contributed by atoms with Crippen molar-refractivity contribution >= 4 is 21.7 Å². The number of hydrogen-bond donors (Lipinski definition) is 1. The summed E-state index contributed by atoms with van der Waals surface area (Å²) in [6.45, 7) is 1.58. The van der Waals surface area contributed by atoms with E-state index in [-0.39, 0.29) is 17.8 Å². The van der Waals surface area contributed by atoms with Gasteiger partial charge in [0, 0.05) is 32.4 Å². The van der Waals surface area contributed by atoms with Crippen molar-refractivity contribution in [2.24, 2.45) is 5.92 Å². The van der Waals surface area contributed by atoms with Gasteiger partial charge in [-0.3, -0.25) is 4.90 Å². The van der Waals surface area contributed by atoms with E-state index in [4.69, 9.17) is 0 Å². The Bertz CT molecular complexity index is 640. The van der Waals surface area contributed by atoms with Gasteiger partial charge >= 0.3 is 6.03 Å². The first kappa shape index (κ1) is 17.7. The van der Waals surface area contributed by atoms with Gasteiger partial charge in [0.25, 0.3) is 0 Å². The van der Waals surface area contributed by atoms with E-state index < -0.39 is 10.0 Å². The quantitative estimate of drug-likeness (QED) is 0.904. The number of piperidine rings is 1. The van der Waals surface area contributed by atoms with Crippen molar-refractivity contribution in [2.45, 2.75) is 12.8 Å². The monoisotopic (exact) mass is 343 g/mol. The summed E-state index contributed by atoms with van der Waals surface area (Å²) in [6, 6.07) is 5.64. The van der Waals surface area contributed by atoms with Crippen molar-refractivity contribution in [3.05, 3.63) is 30.1 Å². The first-order chi connectivity index (χ1) is 10.8. The van der Waals surface area contributed by atoms with Gasteiger partial charge in [-0.2, -0.15) is 0 Å². The van der Waals surface area contributed by atoms with Crippen LogP contribution in [0.4, 0.5) is 14.9 Å². The van der Waals surface area contributed by atoms with Crippen molar-refractivity contribution in [3.8, 4) is 0 Å². The minimum atomic E-state index is -3.18. The normalized spacial score (nSPS) is 16.4. The molecule has 0 atom stereocenters. The maximum Gasteiger partial charge on any atom is 0.324 e. The standard InChI is InChI=1S/C15H22FN3O3S/c1-18(14-5-3-13(16)4-6-14)15(20)19-9-7-12(8-10-19)11-17-23(2,21)22/h3-6,12,17H,7-11H2,1-2H3. The molecule has 2 rings (SSSR count). The third-order valence-electron chi connectivity index (χ3n) is 4.02. The van der Waals surface area contributed by atoms with Gasteiger partial charge in [-0.05, 0) is 43.0 Å². The zero-order valence-corrected chi connectivity index (χ0v) is 14.1. The molecule has 1 heterocycles. The van der Waals surface area contributed by atoms with Crippen LogP contribution in [0.3, 0.4) is 0 Å². The number of sulfonamides is 1. The Morgan fingerprint density at radius 1 is 1.30 bits per heavy atom. The first-order valence-electron chi connectivity index (χ1n) is 7.49. The number of nitrogens with zero attached hydrogens (tertiary/aromatic N) is 2. The molecule has 0 bridgehead atoms. The predicted octanol–water partition coefficient (Wildman–Crippen LogP) is 1.64. The van der Waals surface area contributed by atoms with Gasteiger partial charge in [-0.25, -0.2) is 22.3 Å². The lowest BCUT2D eigenvalue weighted by Gasteiger charge is -2.34. The number of carbonyl (C=O) groups excluding carboxylic acids is 1. The number of likely N-dealkylation sites (tertiary alicyclic amines) is 1. The Kier molecular flexibility index (Phi) is 5.59. The topological polar surface area (TPSA) is 69.7 Å². The number of rotatable bonds is 4. The Balaban J connectivity index is 1.86. The molecule has 0 aliphatic carbocycles. The lowest BCUT2D eigenvalue weighted by molar-refractivity contribution is 0.178. The number of nitrogens with one attached hydrogen (secondary N) is 1. The third-order valence-corrected chi connectivity index (χ3v) is 4.71. The molecule has 6 nitrogen and oxygen atoms in total. The number of hydrogen-bond acceptors (Lipinski definition) is 3. The fraction of sp³-hybridized carbons (Fsp3) is 0.533. The number of benzene rings is 1.